The standard InChI is InChI=1S/C11H16N4/c1-9-11(8-15(2)14-9)7-13-6-10-3-4-12-5-10/h3-5,8,12-13H,6-7H2,1-2H3. The predicted molar refractivity (Wildman–Crippen MR) is 59.3 cm³/mol. The molecule has 0 fully saturated rings. The minimum Gasteiger partial charge on any atom is -0.367 e. The molecule has 4 nitrogen and oxygen atoms in total. The van der Waals surface area contributed by atoms with Crippen LogP contribution < -0.4 is 5.32 Å². The van der Waals surface area contributed by atoms with Crippen molar-refractivity contribution in [2.24, 2.45) is 7.05 Å². The number of nitrogens with one attached hydrogen (secondary N) is 2. The van der Waals surface area contributed by atoms with Gasteiger partial charge < -0.3 is 10.3 Å². The Morgan fingerprint density at radius 3 is 2.93 bits per heavy atom. The molecule has 15 heavy (non-hydrogen) atoms. The fraction of sp³-hybridized carbons (Fsp3) is 0.364. The van der Waals surface area contributed by atoms with E-state index in [1.54, 1.807) is 0 Å². The summed E-state index contributed by atoms with van der Waals surface area (Å²) in [6, 6.07) is 2.07. The van der Waals surface area contributed by atoms with E-state index in [9.17, 15) is 0 Å². The van der Waals surface area contributed by atoms with Gasteiger partial charge in [0.2, 0.25) is 0 Å². The average molecular weight is 204 g/mol. The molecule has 0 saturated carbocycles. The van der Waals surface area contributed by atoms with Gasteiger partial charge in [-0.2, -0.15) is 5.10 Å². The third-order valence-corrected chi connectivity index (χ3v) is 2.42. The summed E-state index contributed by atoms with van der Waals surface area (Å²) >= 11 is 0. The molecule has 0 radical (unpaired) electrons. The van der Waals surface area contributed by atoms with Crippen LogP contribution in [0.25, 0.3) is 0 Å². The molecule has 2 aromatic rings. The van der Waals surface area contributed by atoms with Crippen molar-refractivity contribution in [1.29, 1.82) is 0 Å². The smallest absolute Gasteiger partial charge is 0.0638 e. The normalized spacial score (nSPS) is 10.8. The van der Waals surface area contributed by atoms with E-state index in [1.807, 2.05) is 31.0 Å². The minimum atomic E-state index is 0.866. The third-order valence-electron chi connectivity index (χ3n) is 2.42. The van der Waals surface area contributed by atoms with Crippen molar-refractivity contribution in [2.75, 3.05) is 0 Å². The van der Waals surface area contributed by atoms with E-state index in [1.165, 1.54) is 11.1 Å². The molecule has 0 saturated heterocycles. The van der Waals surface area contributed by atoms with Gasteiger partial charge in [0, 0.05) is 44.3 Å². The van der Waals surface area contributed by atoms with E-state index in [0.29, 0.717) is 0 Å². The number of aromatic amines is 1. The van der Waals surface area contributed by atoms with Gasteiger partial charge in [-0.25, -0.2) is 0 Å². The maximum absolute atomic E-state index is 4.30. The Hall–Kier alpha value is -1.55. The largest absolute Gasteiger partial charge is 0.367 e. The molecule has 0 bridgehead atoms. The van der Waals surface area contributed by atoms with Crippen molar-refractivity contribution >= 4 is 0 Å². The molecular weight excluding hydrogens is 188 g/mol. The highest BCUT2D eigenvalue weighted by Crippen LogP contribution is 2.04. The molecule has 4 heteroatoms. The first kappa shape index (κ1) is 9.98. The van der Waals surface area contributed by atoms with Crippen LogP contribution in [0.3, 0.4) is 0 Å². The highest BCUT2D eigenvalue weighted by molar-refractivity contribution is 5.15. The van der Waals surface area contributed by atoms with Crippen molar-refractivity contribution in [3.63, 3.8) is 0 Å². The maximum atomic E-state index is 4.30. The van der Waals surface area contributed by atoms with Gasteiger partial charge in [0.1, 0.15) is 0 Å². The van der Waals surface area contributed by atoms with Gasteiger partial charge in [0.25, 0.3) is 0 Å². The number of hydrogen-bond donors (Lipinski definition) is 2. The predicted octanol–water partition coefficient (Wildman–Crippen LogP) is 1.35. The summed E-state index contributed by atoms with van der Waals surface area (Å²) in [6.07, 6.45) is 5.99. The quantitative estimate of drug-likeness (QED) is 0.789. The Bertz CT molecular complexity index is 414. The molecule has 0 spiro atoms. The number of aryl methyl sites for hydroxylation is 2. The minimum absolute atomic E-state index is 0.866. The second kappa shape index (κ2) is 4.31. The Morgan fingerprint density at radius 2 is 2.33 bits per heavy atom. The van der Waals surface area contributed by atoms with Gasteiger partial charge in [-0.3, -0.25) is 4.68 Å². The molecule has 2 aromatic heterocycles. The number of rotatable bonds is 4. The molecule has 0 aliphatic rings. The van der Waals surface area contributed by atoms with E-state index in [-0.39, 0.29) is 0 Å². The van der Waals surface area contributed by atoms with Crippen molar-refractivity contribution in [3.05, 3.63) is 41.5 Å². The summed E-state index contributed by atoms with van der Waals surface area (Å²) in [5, 5.41) is 7.68. The zero-order valence-electron chi connectivity index (χ0n) is 9.12. The molecule has 80 valence electrons. The van der Waals surface area contributed by atoms with Gasteiger partial charge in [-0.05, 0) is 18.6 Å². The molecule has 0 atom stereocenters. The summed E-state index contributed by atoms with van der Waals surface area (Å²) in [5.41, 5.74) is 3.63. The molecule has 2 N–H and O–H groups in total. The lowest BCUT2D eigenvalue weighted by Gasteiger charge is -2.01. The van der Waals surface area contributed by atoms with Crippen molar-refractivity contribution < 1.29 is 0 Å². The zero-order valence-corrected chi connectivity index (χ0v) is 9.12. The van der Waals surface area contributed by atoms with Crippen molar-refractivity contribution in [2.45, 2.75) is 20.0 Å². The van der Waals surface area contributed by atoms with Crippen molar-refractivity contribution in [1.82, 2.24) is 20.1 Å². The summed E-state index contributed by atoms with van der Waals surface area (Å²) in [4.78, 5) is 3.04. The molecule has 2 rings (SSSR count). The lowest BCUT2D eigenvalue weighted by Crippen LogP contribution is -2.12. The molecule has 0 amide bonds. The van der Waals surface area contributed by atoms with E-state index in [2.05, 4.69) is 27.7 Å². The fourth-order valence-electron chi connectivity index (χ4n) is 1.63. The molecule has 0 unspecified atom stereocenters. The van der Waals surface area contributed by atoms with E-state index in [4.69, 9.17) is 0 Å². The molecule has 0 aliphatic carbocycles. The molecule has 0 aromatic carbocycles. The van der Waals surface area contributed by atoms with Gasteiger partial charge >= 0.3 is 0 Å². The SMILES string of the molecule is Cc1nn(C)cc1CNCc1cc[nH]c1. The first-order chi connectivity index (χ1) is 7.25. The number of nitrogens with zero attached hydrogens (tertiary/aromatic N) is 2. The van der Waals surface area contributed by atoms with Gasteiger partial charge in [-0.15, -0.1) is 0 Å². The summed E-state index contributed by atoms with van der Waals surface area (Å²) in [7, 11) is 1.95. The van der Waals surface area contributed by atoms with Crippen LogP contribution in [0.1, 0.15) is 16.8 Å². The highest BCUT2D eigenvalue weighted by Gasteiger charge is 2.01. The summed E-state index contributed by atoms with van der Waals surface area (Å²) in [5.74, 6) is 0. The third kappa shape index (κ3) is 2.47. The number of aromatic nitrogens is 3. The van der Waals surface area contributed by atoms with Crippen LogP contribution in [0.2, 0.25) is 0 Å². The van der Waals surface area contributed by atoms with E-state index >= 15 is 0 Å². The summed E-state index contributed by atoms with van der Waals surface area (Å²) in [6.45, 7) is 3.79. The van der Waals surface area contributed by atoms with Gasteiger partial charge in [0.15, 0.2) is 0 Å². The average Bonchev–Trinajstić information content (AvgIpc) is 2.77. The van der Waals surface area contributed by atoms with Gasteiger partial charge in [-0.1, -0.05) is 0 Å². The first-order valence-electron chi connectivity index (χ1n) is 5.07. The van der Waals surface area contributed by atoms with Crippen LogP contribution in [-0.2, 0) is 20.1 Å². The maximum Gasteiger partial charge on any atom is 0.0638 e. The van der Waals surface area contributed by atoms with Crippen LogP contribution >= 0.6 is 0 Å². The Morgan fingerprint density at radius 1 is 1.47 bits per heavy atom. The van der Waals surface area contributed by atoms with Gasteiger partial charge in [0.05, 0.1) is 5.69 Å². The molecule has 2 heterocycles. The lowest BCUT2D eigenvalue weighted by atomic mass is 10.2. The second-order valence-corrected chi connectivity index (χ2v) is 3.74. The molecule has 0 aliphatic heterocycles. The second-order valence-electron chi connectivity index (χ2n) is 3.74. The fourth-order valence-corrected chi connectivity index (χ4v) is 1.63. The van der Waals surface area contributed by atoms with E-state index < -0.39 is 0 Å². The van der Waals surface area contributed by atoms with Crippen LogP contribution in [-0.4, -0.2) is 14.8 Å². The number of hydrogen-bond acceptors (Lipinski definition) is 2. The first-order valence-corrected chi connectivity index (χ1v) is 5.07. The topological polar surface area (TPSA) is 45.6 Å². The Balaban J connectivity index is 1.86. The zero-order chi connectivity index (χ0) is 10.7. The van der Waals surface area contributed by atoms with Crippen LogP contribution in [0.4, 0.5) is 0 Å². The van der Waals surface area contributed by atoms with Crippen LogP contribution in [0, 0.1) is 6.92 Å². The molecular formula is C11H16N4. The lowest BCUT2D eigenvalue weighted by molar-refractivity contribution is 0.690. The Labute approximate surface area is 89.3 Å². The monoisotopic (exact) mass is 204 g/mol. The van der Waals surface area contributed by atoms with E-state index in [0.717, 1.165) is 18.8 Å². The number of H-pyrrole nitrogens is 1. The summed E-state index contributed by atoms with van der Waals surface area (Å²) < 4.78 is 1.85. The van der Waals surface area contributed by atoms with Crippen LogP contribution in [0.15, 0.2) is 24.7 Å². The van der Waals surface area contributed by atoms with Crippen molar-refractivity contribution in [3.8, 4) is 0 Å². The highest BCUT2D eigenvalue weighted by atomic mass is 15.2. The van der Waals surface area contributed by atoms with Crippen LogP contribution in [0.5, 0.6) is 0 Å². The Kier molecular flexibility index (Phi) is 2.87.